The average molecular weight is 464 g/mol. The summed E-state index contributed by atoms with van der Waals surface area (Å²) in [5.74, 6) is -0.190. The number of hydrogen-bond donors (Lipinski definition) is 4. The molecular weight excluding hydrogens is 440 g/mol. The summed E-state index contributed by atoms with van der Waals surface area (Å²) < 4.78 is 5.91. The summed E-state index contributed by atoms with van der Waals surface area (Å²) in [7, 11) is 5.43. The second-order valence-electron chi connectivity index (χ2n) is 7.04. The molecule has 0 spiro atoms. The van der Waals surface area contributed by atoms with E-state index in [1.807, 2.05) is 14.1 Å². The van der Waals surface area contributed by atoms with Gasteiger partial charge in [-0.2, -0.15) is 0 Å². The Morgan fingerprint density at radius 2 is 2.07 bits per heavy atom. The van der Waals surface area contributed by atoms with Crippen molar-refractivity contribution in [2.75, 3.05) is 44.5 Å². The number of nitrogens with one attached hydrogen (secondary N) is 3. The van der Waals surface area contributed by atoms with Crippen molar-refractivity contribution < 1.29 is 24.3 Å². The Labute approximate surface area is 177 Å². The van der Waals surface area contributed by atoms with Gasteiger partial charge in [0.1, 0.15) is 5.75 Å². The fraction of sp³-hybridized carbons (Fsp3) is 0.300. The number of ether oxygens (including phenoxy) is 1. The lowest BCUT2D eigenvalue weighted by atomic mass is 9.94. The number of carbonyl (C=O) groups is 2. The Balaban J connectivity index is 2.11. The third-order valence-corrected chi connectivity index (χ3v) is 5.16. The highest BCUT2D eigenvalue weighted by Crippen LogP contribution is 2.41. The molecule has 4 N–H and O–H groups in total. The van der Waals surface area contributed by atoms with Crippen LogP contribution in [-0.2, 0) is 10.5 Å². The van der Waals surface area contributed by atoms with Crippen LogP contribution < -0.4 is 25.2 Å². The smallest absolute Gasteiger partial charge is 0.329 e. The molecule has 1 heterocycles. The van der Waals surface area contributed by atoms with Gasteiger partial charge in [-0.3, -0.25) is 9.69 Å². The van der Waals surface area contributed by atoms with E-state index < -0.39 is 17.7 Å². The van der Waals surface area contributed by atoms with Crippen LogP contribution >= 0.6 is 15.9 Å². The molecule has 0 saturated heterocycles. The summed E-state index contributed by atoms with van der Waals surface area (Å²) in [5, 5.41) is 17.2. The molecule has 0 radical (unpaired) electrons. The number of nitrogens with zero attached hydrogens (tertiary/aromatic N) is 1. The molecule has 1 unspecified atom stereocenters. The maximum absolute atomic E-state index is 13.2. The first-order valence-corrected chi connectivity index (χ1v) is 9.91. The zero-order chi connectivity index (χ0) is 21.2. The van der Waals surface area contributed by atoms with Gasteiger partial charge in [0.2, 0.25) is 0 Å². The van der Waals surface area contributed by atoms with E-state index in [2.05, 4.69) is 26.6 Å². The number of benzene rings is 2. The number of urea groups is 1. The number of carbonyl (C=O) groups excluding carboxylic acids is 2. The maximum Gasteiger partial charge on any atom is 0.329 e. The number of likely N-dealkylation sites (N-methyl/N-ethyl adjacent to an activating group) is 1. The second kappa shape index (κ2) is 8.40. The third kappa shape index (κ3) is 4.07. The quantitative estimate of drug-likeness (QED) is 0.512. The standard InChI is InChI=1S/C20H23BrN4O4/c1-24(2)10-9-22-18(26)20(28)16-11-13(21)7-8-17(16)23-19(27)25(20)14-5-4-6-15(12-14)29-3/h4-8,11-12,28H,9-10H2,1-3H3,(H,22,26)(H,23,27)/p+1. The molecule has 0 fully saturated rings. The zero-order valence-corrected chi connectivity index (χ0v) is 18.0. The third-order valence-electron chi connectivity index (χ3n) is 4.66. The molecule has 29 heavy (non-hydrogen) atoms. The van der Waals surface area contributed by atoms with E-state index >= 15 is 0 Å². The molecule has 8 nitrogen and oxygen atoms in total. The van der Waals surface area contributed by atoms with Crippen molar-refractivity contribution in [1.82, 2.24) is 5.32 Å². The van der Waals surface area contributed by atoms with Gasteiger partial charge < -0.3 is 25.4 Å². The number of amides is 3. The van der Waals surface area contributed by atoms with Gasteiger partial charge in [-0.25, -0.2) is 4.79 Å². The molecule has 0 aliphatic carbocycles. The first-order valence-electron chi connectivity index (χ1n) is 9.12. The Kier molecular flexibility index (Phi) is 6.11. The van der Waals surface area contributed by atoms with Crippen LogP contribution in [-0.4, -0.2) is 51.3 Å². The predicted molar refractivity (Wildman–Crippen MR) is 113 cm³/mol. The fourth-order valence-electron chi connectivity index (χ4n) is 3.18. The first kappa shape index (κ1) is 21.1. The largest absolute Gasteiger partial charge is 0.497 e. The Morgan fingerprint density at radius 3 is 2.76 bits per heavy atom. The van der Waals surface area contributed by atoms with Gasteiger partial charge >= 0.3 is 6.03 Å². The molecule has 3 amide bonds. The zero-order valence-electron chi connectivity index (χ0n) is 16.5. The fourth-order valence-corrected chi connectivity index (χ4v) is 3.54. The Hall–Kier alpha value is -2.62. The maximum atomic E-state index is 13.2. The van der Waals surface area contributed by atoms with Crippen LogP contribution in [0.2, 0.25) is 0 Å². The number of fused-ring (bicyclic) bond motifs is 1. The summed E-state index contributed by atoms with van der Waals surface area (Å²) in [6.45, 7) is 1.01. The Bertz CT molecular complexity index is 936. The molecule has 0 aromatic heterocycles. The van der Waals surface area contributed by atoms with Gasteiger partial charge in [-0.05, 0) is 30.3 Å². The van der Waals surface area contributed by atoms with E-state index in [9.17, 15) is 14.7 Å². The van der Waals surface area contributed by atoms with E-state index in [1.165, 1.54) is 7.11 Å². The number of anilines is 2. The highest BCUT2D eigenvalue weighted by atomic mass is 79.9. The number of methoxy groups -OCH3 is 1. The summed E-state index contributed by atoms with van der Waals surface area (Å²) >= 11 is 3.38. The molecule has 9 heteroatoms. The van der Waals surface area contributed by atoms with Crippen LogP contribution in [0.4, 0.5) is 16.2 Å². The summed E-state index contributed by atoms with van der Waals surface area (Å²) in [6, 6.07) is 11.0. The lowest BCUT2D eigenvalue weighted by Gasteiger charge is -2.42. The average Bonchev–Trinajstić information content (AvgIpc) is 2.68. The molecular formula is C20H24BrN4O4+. The van der Waals surface area contributed by atoms with E-state index in [0.717, 1.165) is 9.80 Å². The minimum Gasteiger partial charge on any atom is -0.497 e. The molecule has 2 aromatic rings. The molecule has 2 aromatic carbocycles. The van der Waals surface area contributed by atoms with Gasteiger partial charge in [0.15, 0.2) is 0 Å². The van der Waals surface area contributed by atoms with Crippen LogP contribution in [0.1, 0.15) is 5.56 Å². The lowest BCUT2D eigenvalue weighted by Crippen LogP contribution is -3.06. The van der Waals surface area contributed by atoms with Crippen molar-refractivity contribution in [2.24, 2.45) is 0 Å². The van der Waals surface area contributed by atoms with Crippen LogP contribution in [0.15, 0.2) is 46.9 Å². The van der Waals surface area contributed by atoms with Crippen LogP contribution in [0, 0.1) is 0 Å². The van der Waals surface area contributed by atoms with Gasteiger partial charge in [0.25, 0.3) is 11.6 Å². The van der Waals surface area contributed by atoms with Crippen molar-refractivity contribution in [3.05, 3.63) is 52.5 Å². The normalized spacial score (nSPS) is 18.3. The number of quaternary nitrogens is 1. The topological polar surface area (TPSA) is 95.3 Å². The van der Waals surface area contributed by atoms with Crippen molar-refractivity contribution in [2.45, 2.75) is 5.72 Å². The monoisotopic (exact) mass is 463 g/mol. The molecule has 0 bridgehead atoms. The number of rotatable bonds is 6. The van der Waals surface area contributed by atoms with E-state index in [0.29, 0.717) is 34.7 Å². The lowest BCUT2D eigenvalue weighted by molar-refractivity contribution is -0.856. The molecule has 154 valence electrons. The van der Waals surface area contributed by atoms with Gasteiger partial charge in [0, 0.05) is 16.1 Å². The predicted octanol–water partition coefficient (Wildman–Crippen LogP) is 0.916. The van der Waals surface area contributed by atoms with Crippen molar-refractivity contribution in [3.63, 3.8) is 0 Å². The van der Waals surface area contributed by atoms with Crippen LogP contribution in [0.3, 0.4) is 0 Å². The molecule has 1 aliphatic heterocycles. The SMILES string of the molecule is COc1cccc(N2C(=O)Nc3ccc(Br)cc3C2(O)C(=O)NCC[NH+](C)C)c1. The van der Waals surface area contributed by atoms with Crippen molar-refractivity contribution in [3.8, 4) is 5.75 Å². The van der Waals surface area contributed by atoms with Gasteiger partial charge in [-0.15, -0.1) is 0 Å². The second-order valence-corrected chi connectivity index (χ2v) is 7.96. The number of halogens is 1. The highest BCUT2D eigenvalue weighted by molar-refractivity contribution is 9.10. The van der Waals surface area contributed by atoms with Crippen LogP contribution in [0.5, 0.6) is 5.75 Å². The summed E-state index contributed by atoms with van der Waals surface area (Å²) in [4.78, 5) is 28.4. The minimum absolute atomic E-state index is 0.268. The number of aliphatic hydroxyl groups is 1. The summed E-state index contributed by atoms with van der Waals surface area (Å²) in [5.41, 5.74) is -1.28. The minimum atomic E-state index is -2.24. The molecule has 0 saturated carbocycles. The van der Waals surface area contributed by atoms with E-state index in [4.69, 9.17) is 4.74 Å². The summed E-state index contributed by atoms with van der Waals surface area (Å²) in [6.07, 6.45) is 0. The molecule has 1 aliphatic rings. The molecule has 3 rings (SSSR count). The van der Waals surface area contributed by atoms with Gasteiger partial charge in [-0.1, -0.05) is 22.0 Å². The van der Waals surface area contributed by atoms with E-state index in [-0.39, 0.29) is 5.56 Å². The highest BCUT2D eigenvalue weighted by Gasteiger charge is 2.52. The van der Waals surface area contributed by atoms with E-state index in [1.54, 1.807) is 42.5 Å². The number of hydrogen-bond acceptors (Lipinski definition) is 4. The Morgan fingerprint density at radius 1 is 1.31 bits per heavy atom. The molecule has 1 atom stereocenters. The van der Waals surface area contributed by atoms with Gasteiger partial charge in [0.05, 0.1) is 45.7 Å². The van der Waals surface area contributed by atoms with Crippen LogP contribution in [0.25, 0.3) is 0 Å². The van der Waals surface area contributed by atoms with Crippen molar-refractivity contribution >= 4 is 39.2 Å². The first-order chi connectivity index (χ1) is 13.8. The van der Waals surface area contributed by atoms with Crippen molar-refractivity contribution in [1.29, 1.82) is 0 Å².